The zero-order chi connectivity index (χ0) is 21.6. The number of carbonyl (C=O) groups excluding carboxylic acids is 1. The van der Waals surface area contributed by atoms with Crippen molar-refractivity contribution < 1.29 is 17.9 Å². The van der Waals surface area contributed by atoms with Crippen LogP contribution in [-0.4, -0.2) is 46.5 Å². The minimum absolute atomic E-state index is 0.268. The van der Waals surface area contributed by atoms with Gasteiger partial charge in [0.1, 0.15) is 18.9 Å². The third kappa shape index (κ3) is 5.67. The third-order valence-corrected chi connectivity index (χ3v) is 6.33. The topological polar surface area (TPSA) is 75.7 Å². The number of ether oxygens (including phenoxy) is 1. The molecule has 0 bridgehead atoms. The molecule has 0 spiro atoms. The van der Waals surface area contributed by atoms with Gasteiger partial charge in [0.2, 0.25) is 15.9 Å². The largest absolute Gasteiger partial charge is 0.491 e. The van der Waals surface area contributed by atoms with E-state index in [0.717, 1.165) is 32.0 Å². The number of hydrogen-bond donors (Lipinski definition) is 1. The van der Waals surface area contributed by atoms with E-state index in [-0.39, 0.29) is 19.7 Å². The number of hydrogen-bond acceptors (Lipinski definition) is 5. The van der Waals surface area contributed by atoms with Gasteiger partial charge in [-0.15, -0.1) is 11.8 Å². The predicted molar refractivity (Wildman–Crippen MR) is 123 cm³/mol. The van der Waals surface area contributed by atoms with Crippen molar-refractivity contribution in [3.8, 4) is 5.75 Å². The molecule has 0 heterocycles. The molecule has 3 aromatic rings. The quantitative estimate of drug-likeness (QED) is 0.404. The molecule has 0 saturated carbocycles. The number of sulfonamides is 1. The molecule has 8 heteroatoms. The Kier molecular flexibility index (Phi) is 7.23. The molecule has 0 saturated heterocycles. The number of thioether (sulfide) groups is 1. The summed E-state index contributed by atoms with van der Waals surface area (Å²) < 4.78 is 31.4. The highest BCUT2D eigenvalue weighted by atomic mass is 32.2. The average Bonchev–Trinajstić information content (AvgIpc) is 2.74. The zero-order valence-corrected chi connectivity index (χ0v) is 18.5. The van der Waals surface area contributed by atoms with E-state index < -0.39 is 15.9 Å². The Labute approximate surface area is 181 Å². The molecule has 0 aliphatic carbocycles. The van der Waals surface area contributed by atoms with E-state index in [0.29, 0.717) is 5.69 Å². The summed E-state index contributed by atoms with van der Waals surface area (Å²) in [4.78, 5) is 13.3. The fourth-order valence-electron chi connectivity index (χ4n) is 3.02. The van der Waals surface area contributed by atoms with Crippen LogP contribution in [0.25, 0.3) is 10.8 Å². The molecule has 6 nitrogen and oxygen atoms in total. The van der Waals surface area contributed by atoms with Crippen LogP contribution in [0.1, 0.15) is 0 Å². The number of carbonyl (C=O) groups is 1. The van der Waals surface area contributed by atoms with E-state index in [1.807, 2.05) is 54.8 Å². The van der Waals surface area contributed by atoms with Crippen LogP contribution in [0.15, 0.2) is 71.6 Å². The van der Waals surface area contributed by atoms with Gasteiger partial charge in [-0.2, -0.15) is 0 Å². The lowest BCUT2D eigenvalue weighted by Crippen LogP contribution is -2.41. The molecule has 30 heavy (non-hydrogen) atoms. The van der Waals surface area contributed by atoms with Crippen molar-refractivity contribution in [2.24, 2.45) is 0 Å². The number of amides is 1. The van der Waals surface area contributed by atoms with Gasteiger partial charge in [0, 0.05) is 10.3 Å². The van der Waals surface area contributed by atoms with Gasteiger partial charge in [-0.25, -0.2) is 8.42 Å². The highest BCUT2D eigenvalue weighted by Crippen LogP contribution is 2.25. The van der Waals surface area contributed by atoms with Crippen LogP contribution in [0.2, 0.25) is 0 Å². The van der Waals surface area contributed by atoms with E-state index in [2.05, 4.69) is 5.32 Å². The summed E-state index contributed by atoms with van der Waals surface area (Å²) in [6.45, 7) is 0.260. The van der Waals surface area contributed by atoms with Crippen molar-refractivity contribution in [1.82, 2.24) is 5.32 Å². The molecule has 0 radical (unpaired) electrons. The Morgan fingerprint density at radius 1 is 1.07 bits per heavy atom. The van der Waals surface area contributed by atoms with Crippen LogP contribution in [0.5, 0.6) is 5.75 Å². The Morgan fingerprint density at radius 2 is 1.80 bits per heavy atom. The van der Waals surface area contributed by atoms with Gasteiger partial charge in [0.25, 0.3) is 0 Å². The zero-order valence-electron chi connectivity index (χ0n) is 16.9. The van der Waals surface area contributed by atoms with E-state index >= 15 is 0 Å². The van der Waals surface area contributed by atoms with Crippen LogP contribution in [-0.2, 0) is 14.8 Å². The molecule has 0 atom stereocenters. The van der Waals surface area contributed by atoms with E-state index in [1.54, 1.807) is 18.2 Å². The highest BCUT2D eigenvalue weighted by molar-refractivity contribution is 7.98. The van der Waals surface area contributed by atoms with E-state index in [9.17, 15) is 13.2 Å². The summed E-state index contributed by atoms with van der Waals surface area (Å²) in [5.41, 5.74) is 0.464. The monoisotopic (exact) mass is 444 g/mol. The summed E-state index contributed by atoms with van der Waals surface area (Å²) in [7, 11) is -3.60. The predicted octanol–water partition coefficient (Wildman–Crippen LogP) is 3.52. The maximum atomic E-state index is 12.4. The number of benzene rings is 3. The fourth-order valence-corrected chi connectivity index (χ4v) is 4.33. The van der Waals surface area contributed by atoms with Crippen LogP contribution in [0.3, 0.4) is 0 Å². The molecule has 0 aromatic heterocycles. The maximum absolute atomic E-state index is 12.4. The van der Waals surface area contributed by atoms with Crippen LogP contribution >= 0.6 is 11.8 Å². The second kappa shape index (κ2) is 9.86. The first-order valence-corrected chi connectivity index (χ1v) is 12.4. The number of nitrogens with one attached hydrogen (secondary N) is 1. The number of fused-ring (bicyclic) bond motifs is 1. The van der Waals surface area contributed by atoms with Gasteiger partial charge in [-0.05, 0) is 35.9 Å². The molecule has 1 N–H and O–H groups in total. The molecular formula is C22H24N2O4S2. The smallest absolute Gasteiger partial charge is 0.240 e. The molecule has 1 amide bonds. The first-order valence-electron chi connectivity index (χ1n) is 9.37. The number of rotatable bonds is 9. The minimum Gasteiger partial charge on any atom is -0.491 e. The van der Waals surface area contributed by atoms with Gasteiger partial charge in [0.05, 0.1) is 18.5 Å². The second-order valence-corrected chi connectivity index (χ2v) is 9.43. The first kappa shape index (κ1) is 22.0. The van der Waals surface area contributed by atoms with Gasteiger partial charge < -0.3 is 10.1 Å². The van der Waals surface area contributed by atoms with Gasteiger partial charge in [-0.1, -0.05) is 42.5 Å². The fraction of sp³-hybridized carbons (Fsp3) is 0.227. The third-order valence-electron chi connectivity index (χ3n) is 4.46. The molecule has 158 valence electrons. The standard InChI is InChI=1S/C22H24N2O4S2/c1-29-19-10-6-9-18(15-19)24(30(2,26)27)16-22(25)23-13-14-28-21-12-5-8-17-7-3-4-11-20(17)21/h3-12,15H,13-14,16H2,1-2H3,(H,23,25). The maximum Gasteiger partial charge on any atom is 0.240 e. The Balaban J connectivity index is 1.58. The lowest BCUT2D eigenvalue weighted by atomic mass is 10.1. The number of nitrogens with zero attached hydrogens (tertiary/aromatic N) is 1. The Bertz CT molecular complexity index is 1130. The normalized spacial score (nSPS) is 11.3. The van der Waals surface area contributed by atoms with Crippen molar-refractivity contribution in [2.45, 2.75) is 4.90 Å². The average molecular weight is 445 g/mol. The van der Waals surface area contributed by atoms with Crippen LogP contribution < -0.4 is 14.4 Å². The van der Waals surface area contributed by atoms with Crippen LogP contribution in [0.4, 0.5) is 5.69 Å². The molecule has 3 aromatic carbocycles. The van der Waals surface area contributed by atoms with Crippen molar-refractivity contribution in [1.29, 1.82) is 0 Å². The van der Waals surface area contributed by atoms with E-state index in [4.69, 9.17) is 4.74 Å². The lowest BCUT2D eigenvalue weighted by Gasteiger charge is -2.22. The Morgan fingerprint density at radius 3 is 2.57 bits per heavy atom. The van der Waals surface area contributed by atoms with Crippen molar-refractivity contribution >= 4 is 44.2 Å². The van der Waals surface area contributed by atoms with E-state index in [1.165, 1.54) is 11.8 Å². The summed E-state index contributed by atoms with van der Waals surface area (Å²) in [6.07, 6.45) is 3.00. The van der Waals surface area contributed by atoms with Crippen molar-refractivity contribution in [3.63, 3.8) is 0 Å². The minimum atomic E-state index is -3.60. The summed E-state index contributed by atoms with van der Waals surface area (Å²) in [5, 5.41) is 4.81. The summed E-state index contributed by atoms with van der Waals surface area (Å²) in [5.74, 6) is 0.352. The highest BCUT2D eigenvalue weighted by Gasteiger charge is 2.21. The molecule has 0 aliphatic heterocycles. The summed E-state index contributed by atoms with van der Waals surface area (Å²) >= 11 is 1.51. The molecule has 0 aliphatic rings. The van der Waals surface area contributed by atoms with Crippen molar-refractivity contribution in [3.05, 3.63) is 66.7 Å². The van der Waals surface area contributed by atoms with Gasteiger partial charge in [0.15, 0.2) is 0 Å². The molecule has 0 fully saturated rings. The van der Waals surface area contributed by atoms with Crippen LogP contribution in [0, 0.1) is 0 Å². The van der Waals surface area contributed by atoms with Crippen molar-refractivity contribution in [2.75, 3.05) is 36.5 Å². The lowest BCUT2D eigenvalue weighted by molar-refractivity contribution is -0.119. The first-order chi connectivity index (χ1) is 14.4. The molecule has 0 unspecified atom stereocenters. The molecule has 3 rings (SSSR count). The second-order valence-electron chi connectivity index (χ2n) is 6.65. The van der Waals surface area contributed by atoms with Gasteiger partial charge in [-0.3, -0.25) is 9.10 Å². The summed E-state index contributed by atoms with van der Waals surface area (Å²) in [6, 6.07) is 20.8. The SMILES string of the molecule is CSc1cccc(N(CC(=O)NCCOc2cccc3ccccc23)S(C)(=O)=O)c1. The van der Waals surface area contributed by atoms with Gasteiger partial charge >= 0.3 is 0 Å². The number of anilines is 1. The molecular weight excluding hydrogens is 420 g/mol. The Hall–Kier alpha value is -2.71.